The largest absolute Gasteiger partial charge is 0.395 e. The van der Waals surface area contributed by atoms with E-state index in [2.05, 4.69) is 18.1 Å². The number of halogens is 1. The van der Waals surface area contributed by atoms with E-state index < -0.39 is 10.0 Å². The van der Waals surface area contributed by atoms with Gasteiger partial charge in [-0.25, -0.2) is 17.5 Å². The van der Waals surface area contributed by atoms with E-state index in [1.165, 1.54) is 34.1 Å². The molecule has 1 aromatic heterocycles. The maximum Gasteiger partial charge on any atom is 0.243 e. The van der Waals surface area contributed by atoms with Gasteiger partial charge in [0.2, 0.25) is 10.0 Å². The molecule has 7 nitrogen and oxygen atoms in total. The molecule has 0 radical (unpaired) electrons. The van der Waals surface area contributed by atoms with Gasteiger partial charge in [0.15, 0.2) is 0 Å². The van der Waals surface area contributed by atoms with Crippen LogP contribution in [0.4, 0.5) is 4.39 Å². The Morgan fingerprint density at radius 1 is 1.28 bits per heavy atom. The van der Waals surface area contributed by atoms with Crippen LogP contribution >= 0.6 is 0 Å². The molecule has 1 N–H and O–H groups in total. The highest BCUT2D eigenvalue weighted by Crippen LogP contribution is 2.53. The lowest BCUT2D eigenvalue weighted by molar-refractivity contribution is 0.194. The summed E-state index contributed by atoms with van der Waals surface area (Å²) in [7, 11) is -3.89. The summed E-state index contributed by atoms with van der Waals surface area (Å²) in [5, 5.41) is 23.4. The van der Waals surface area contributed by atoms with Crippen LogP contribution in [0.3, 0.4) is 0 Å². The molecule has 1 fully saturated rings. The monoisotopic (exact) mass is 506 g/mol. The second-order valence-electron chi connectivity index (χ2n) is 9.67. The van der Waals surface area contributed by atoms with Crippen molar-refractivity contribution in [1.29, 1.82) is 5.26 Å². The SMILES string of the molecule is C[C@]12Cc3cnn(-c4ccc(F)cc4)c3C=C1CC[C@@H]2CN(CCO)S(=O)(=O)c1cccc(C#N)c1. The maximum atomic E-state index is 13.5. The van der Waals surface area contributed by atoms with Gasteiger partial charge >= 0.3 is 0 Å². The van der Waals surface area contributed by atoms with Gasteiger partial charge in [0.1, 0.15) is 5.82 Å². The summed E-state index contributed by atoms with van der Waals surface area (Å²) in [5.41, 5.74) is 4.10. The number of nitriles is 1. The van der Waals surface area contributed by atoms with Crippen molar-refractivity contribution in [2.24, 2.45) is 11.3 Å². The van der Waals surface area contributed by atoms with Crippen LogP contribution in [0.1, 0.15) is 36.6 Å². The minimum atomic E-state index is -3.89. The molecular weight excluding hydrogens is 479 g/mol. The first-order valence-electron chi connectivity index (χ1n) is 11.9. The van der Waals surface area contributed by atoms with Gasteiger partial charge in [-0.05, 0) is 84.7 Å². The van der Waals surface area contributed by atoms with E-state index in [1.807, 2.05) is 16.9 Å². The van der Waals surface area contributed by atoms with Crippen LogP contribution in [0, 0.1) is 28.5 Å². The van der Waals surface area contributed by atoms with E-state index in [0.29, 0.717) is 0 Å². The van der Waals surface area contributed by atoms with Crippen molar-refractivity contribution in [2.45, 2.75) is 31.1 Å². The zero-order valence-electron chi connectivity index (χ0n) is 19.9. The van der Waals surface area contributed by atoms with E-state index in [0.717, 1.165) is 36.2 Å². The van der Waals surface area contributed by atoms with Crippen LogP contribution in [0.2, 0.25) is 0 Å². The fourth-order valence-corrected chi connectivity index (χ4v) is 7.08. The quantitative estimate of drug-likeness (QED) is 0.524. The topological polar surface area (TPSA) is 99.2 Å². The van der Waals surface area contributed by atoms with Gasteiger partial charge in [0.05, 0.1) is 40.7 Å². The van der Waals surface area contributed by atoms with Gasteiger partial charge in [0, 0.05) is 13.1 Å². The number of hydrogen-bond acceptors (Lipinski definition) is 5. The third-order valence-electron chi connectivity index (χ3n) is 7.60. The summed E-state index contributed by atoms with van der Waals surface area (Å²) in [5.74, 6) is -0.252. The third-order valence-corrected chi connectivity index (χ3v) is 9.46. The van der Waals surface area contributed by atoms with Crippen LogP contribution in [0.15, 0.2) is 65.2 Å². The molecule has 0 spiro atoms. The summed E-state index contributed by atoms with van der Waals surface area (Å²) in [4.78, 5) is 0.0559. The Balaban J connectivity index is 1.43. The number of aliphatic hydroxyl groups excluding tert-OH is 1. The average molecular weight is 507 g/mol. The molecule has 0 saturated heterocycles. The van der Waals surface area contributed by atoms with Crippen molar-refractivity contribution in [1.82, 2.24) is 14.1 Å². The summed E-state index contributed by atoms with van der Waals surface area (Å²) < 4.78 is 43.5. The van der Waals surface area contributed by atoms with Crippen LogP contribution in [-0.4, -0.2) is 47.3 Å². The first kappa shape index (κ1) is 24.4. The van der Waals surface area contributed by atoms with Crippen LogP contribution in [0.5, 0.6) is 0 Å². The summed E-state index contributed by atoms with van der Waals surface area (Å²) in [6.45, 7) is 2.14. The minimum absolute atomic E-state index is 0.0154. The zero-order chi connectivity index (χ0) is 25.5. The van der Waals surface area contributed by atoms with Crippen LogP contribution in [-0.2, 0) is 16.4 Å². The number of allylic oxidation sites excluding steroid dienone is 1. The van der Waals surface area contributed by atoms with Crippen molar-refractivity contribution in [3.8, 4) is 11.8 Å². The summed E-state index contributed by atoms with van der Waals surface area (Å²) >= 11 is 0. The Kier molecular flexibility index (Phi) is 6.29. The molecule has 186 valence electrons. The Morgan fingerprint density at radius 2 is 2.06 bits per heavy atom. The van der Waals surface area contributed by atoms with Crippen molar-refractivity contribution >= 4 is 16.1 Å². The van der Waals surface area contributed by atoms with E-state index in [1.54, 1.807) is 24.3 Å². The molecular formula is C27H27FN4O3S. The first-order valence-corrected chi connectivity index (χ1v) is 13.4. The molecule has 2 aliphatic carbocycles. The van der Waals surface area contributed by atoms with Gasteiger partial charge in [-0.15, -0.1) is 0 Å². The van der Waals surface area contributed by atoms with E-state index in [9.17, 15) is 23.2 Å². The molecule has 2 aliphatic rings. The molecule has 9 heteroatoms. The normalized spacial score (nSPS) is 21.1. The second-order valence-corrected chi connectivity index (χ2v) is 11.6. The minimum Gasteiger partial charge on any atom is -0.395 e. The number of hydrogen-bond donors (Lipinski definition) is 1. The van der Waals surface area contributed by atoms with Crippen molar-refractivity contribution in [3.63, 3.8) is 0 Å². The number of rotatable bonds is 7. The van der Waals surface area contributed by atoms with E-state index >= 15 is 0 Å². The molecule has 3 aromatic rings. The smallest absolute Gasteiger partial charge is 0.243 e. The lowest BCUT2D eigenvalue weighted by Crippen LogP contribution is -2.42. The van der Waals surface area contributed by atoms with Gasteiger partial charge in [-0.1, -0.05) is 18.6 Å². The molecule has 36 heavy (non-hydrogen) atoms. The highest BCUT2D eigenvalue weighted by Gasteiger charge is 2.47. The predicted octanol–water partition coefficient (Wildman–Crippen LogP) is 3.92. The fraction of sp³-hybridized carbons (Fsp3) is 0.333. The number of sulfonamides is 1. The summed E-state index contributed by atoms with van der Waals surface area (Å²) in [6.07, 6.45) is 6.37. The van der Waals surface area contributed by atoms with Gasteiger partial charge in [-0.3, -0.25) is 0 Å². The van der Waals surface area contributed by atoms with E-state index in [-0.39, 0.29) is 47.3 Å². The maximum absolute atomic E-state index is 13.5. The van der Waals surface area contributed by atoms with Gasteiger partial charge in [-0.2, -0.15) is 14.7 Å². The highest BCUT2D eigenvalue weighted by molar-refractivity contribution is 7.89. The average Bonchev–Trinajstić information content (AvgIpc) is 3.42. The Morgan fingerprint density at radius 3 is 2.78 bits per heavy atom. The molecule has 0 bridgehead atoms. The fourth-order valence-electron chi connectivity index (χ4n) is 5.56. The molecule has 1 heterocycles. The lowest BCUT2D eigenvalue weighted by Gasteiger charge is -2.38. The summed E-state index contributed by atoms with van der Waals surface area (Å²) in [6, 6.07) is 14.2. The van der Waals surface area contributed by atoms with Crippen molar-refractivity contribution in [2.75, 3.05) is 19.7 Å². The number of nitrogens with zero attached hydrogens (tertiary/aromatic N) is 4. The number of benzene rings is 2. The molecule has 1 saturated carbocycles. The van der Waals surface area contributed by atoms with E-state index in [4.69, 9.17) is 0 Å². The highest BCUT2D eigenvalue weighted by atomic mass is 32.2. The number of aromatic nitrogens is 2. The molecule has 0 unspecified atom stereocenters. The van der Waals surface area contributed by atoms with Crippen LogP contribution in [0.25, 0.3) is 11.8 Å². The van der Waals surface area contributed by atoms with Crippen molar-refractivity contribution < 1.29 is 17.9 Å². The molecule has 2 atom stereocenters. The second kappa shape index (κ2) is 9.28. The number of fused-ring (bicyclic) bond motifs is 2. The van der Waals surface area contributed by atoms with Gasteiger partial charge in [0.25, 0.3) is 0 Å². The third kappa shape index (κ3) is 4.15. The van der Waals surface area contributed by atoms with Crippen LogP contribution < -0.4 is 0 Å². The Bertz CT molecular complexity index is 1470. The Hall–Kier alpha value is -3.32. The molecule has 2 aromatic carbocycles. The molecule has 5 rings (SSSR count). The predicted molar refractivity (Wildman–Crippen MR) is 133 cm³/mol. The molecule has 0 amide bonds. The zero-order valence-corrected chi connectivity index (χ0v) is 20.7. The van der Waals surface area contributed by atoms with Gasteiger partial charge < -0.3 is 5.11 Å². The lowest BCUT2D eigenvalue weighted by atomic mass is 9.70. The standard InChI is InChI=1S/C27H27FN4O3S/c1-27-15-20-17-30-32(24-9-7-23(28)8-10-24)26(20)14-21(27)5-6-22(27)18-31(11-12-33)36(34,35)25-4-2-3-19(13-25)16-29/h2-4,7-10,13-14,17,22,33H,5-6,11-12,15,18H2,1H3/t22-,27+/m1/s1. The van der Waals surface area contributed by atoms with Crippen molar-refractivity contribution in [3.05, 3.63) is 82.9 Å². The molecule has 0 aliphatic heterocycles. The first-order chi connectivity index (χ1) is 17.3. The number of aliphatic hydroxyl groups is 1. The Labute approximate surface area is 210 Å².